The first-order chi connectivity index (χ1) is 13.5. The summed E-state index contributed by atoms with van der Waals surface area (Å²) < 4.78 is 3.00. The summed E-state index contributed by atoms with van der Waals surface area (Å²) in [5, 5.41) is 0.733. The highest BCUT2D eigenvalue weighted by atomic mass is 79.9. The van der Waals surface area contributed by atoms with E-state index in [9.17, 15) is 4.79 Å². The quantitative estimate of drug-likeness (QED) is 0.402. The van der Waals surface area contributed by atoms with Gasteiger partial charge in [0.1, 0.15) is 0 Å². The second-order valence-corrected chi connectivity index (χ2v) is 8.22. The van der Waals surface area contributed by atoms with Crippen molar-refractivity contribution in [1.29, 1.82) is 0 Å². The topological polar surface area (TPSA) is 25.2 Å². The van der Waals surface area contributed by atoms with Crippen molar-refractivity contribution in [2.24, 2.45) is 0 Å². The van der Waals surface area contributed by atoms with Crippen molar-refractivity contribution in [3.63, 3.8) is 0 Å². The number of halogens is 2. The number of hydrogen-bond donors (Lipinski definition) is 0. The van der Waals surface area contributed by atoms with Gasteiger partial charge in [-0.05, 0) is 71.2 Å². The van der Waals surface area contributed by atoms with Gasteiger partial charge in [-0.25, -0.2) is 0 Å². The average molecular weight is 460 g/mol. The molecule has 2 aromatic carbocycles. The van der Waals surface area contributed by atoms with E-state index in [1.165, 1.54) is 0 Å². The largest absolute Gasteiger partial charge is 0.345 e. The summed E-state index contributed by atoms with van der Waals surface area (Å²) in [6, 6.07) is 19.7. The van der Waals surface area contributed by atoms with E-state index < -0.39 is 0 Å². The zero-order valence-corrected chi connectivity index (χ0v) is 18.5. The van der Waals surface area contributed by atoms with Crippen LogP contribution in [-0.2, 0) is 13.1 Å². The maximum absolute atomic E-state index is 13.3. The van der Waals surface area contributed by atoms with Crippen LogP contribution < -0.4 is 0 Å². The van der Waals surface area contributed by atoms with Gasteiger partial charge in [-0.2, -0.15) is 0 Å². The maximum Gasteiger partial charge on any atom is 0.255 e. The van der Waals surface area contributed by atoms with E-state index in [0.29, 0.717) is 12.1 Å². The molecule has 0 aliphatic carbocycles. The standard InChI is InChI=1S/C23H24BrClN2O/c1-3-17(2)27(23(28)21-11-4-5-12-22(21)24)16-20-10-7-13-26(20)15-18-8-6-9-19(25)14-18/h4-14,17H,3,15-16H2,1-2H3. The number of amides is 1. The van der Waals surface area contributed by atoms with E-state index in [4.69, 9.17) is 11.6 Å². The molecule has 3 rings (SSSR count). The van der Waals surface area contributed by atoms with Crippen molar-refractivity contribution >= 4 is 33.4 Å². The van der Waals surface area contributed by atoms with Gasteiger partial charge in [0.05, 0.1) is 12.1 Å². The molecular weight excluding hydrogens is 436 g/mol. The molecule has 28 heavy (non-hydrogen) atoms. The molecule has 0 saturated carbocycles. The minimum absolute atomic E-state index is 0.0392. The van der Waals surface area contributed by atoms with Crippen LogP contribution in [0.1, 0.15) is 41.9 Å². The minimum Gasteiger partial charge on any atom is -0.345 e. The summed E-state index contributed by atoms with van der Waals surface area (Å²) in [6.07, 6.45) is 2.94. The number of carbonyl (C=O) groups is 1. The van der Waals surface area contributed by atoms with E-state index in [0.717, 1.165) is 33.7 Å². The molecule has 0 spiro atoms. The molecule has 0 aliphatic rings. The second kappa shape index (κ2) is 9.44. The van der Waals surface area contributed by atoms with Crippen molar-refractivity contribution in [2.45, 2.75) is 39.4 Å². The van der Waals surface area contributed by atoms with Crippen molar-refractivity contribution in [3.05, 3.63) is 93.2 Å². The predicted molar refractivity (Wildman–Crippen MR) is 119 cm³/mol. The van der Waals surface area contributed by atoms with Gasteiger partial charge in [0.25, 0.3) is 5.91 Å². The number of benzene rings is 2. The number of carbonyl (C=O) groups excluding carboxylic acids is 1. The molecule has 1 unspecified atom stereocenters. The number of rotatable bonds is 7. The first kappa shape index (κ1) is 20.7. The average Bonchev–Trinajstić information content (AvgIpc) is 3.12. The van der Waals surface area contributed by atoms with Crippen LogP contribution in [0.3, 0.4) is 0 Å². The Morgan fingerprint density at radius 3 is 2.64 bits per heavy atom. The van der Waals surface area contributed by atoms with Crippen LogP contribution in [0.25, 0.3) is 0 Å². The molecule has 0 bridgehead atoms. The molecule has 0 radical (unpaired) electrons. The predicted octanol–water partition coefficient (Wildman–Crippen LogP) is 6.39. The summed E-state index contributed by atoms with van der Waals surface area (Å²) in [5.41, 5.74) is 2.92. The molecule has 0 fully saturated rings. The lowest BCUT2D eigenvalue weighted by atomic mass is 10.1. The molecule has 3 nitrogen and oxygen atoms in total. The Bertz CT molecular complexity index is 953. The fourth-order valence-electron chi connectivity index (χ4n) is 3.19. The van der Waals surface area contributed by atoms with Gasteiger partial charge in [-0.3, -0.25) is 4.79 Å². The summed E-state index contributed by atoms with van der Waals surface area (Å²) in [5.74, 6) is 0.0392. The molecular formula is C23H24BrClN2O. The zero-order valence-electron chi connectivity index (χ0n) is 16.1. The van der Waals surface area contributed by atoms with Gasteiger partial charge in [0.2, 0.25) is 0 Å². The van der Waals surface area contributed by atoms with Crippen LogP contribution in [0.15, 0.2) is 71.3 Å². The molecule has 1 atom stereocenters. The third-order valence-corrected chi connectivity index (χ3v) is 5.91. The van der Waals surface area contributed by atoms with Crippen LogP contribution in [0.2, 0.25) is 5.02 Å². The van der Waals surface area contributed by atoms with E-state index >= 15 is 0 Å². The van der Waals surface area contributed by atoms with Crippen molar-refractivity contribution in [3.8, 4) is 0 Å². The third kappa shape index (κ3) is 4.86. The summed E-state index contributed by atoms with van der Waals surface area (Å²) in [7, 11) is 0. The minimum atomic E-state index is 0.0392. The lowest BCUT2D eigenvalue weighted by molar-refractivity contribution is 0.0666. The fourth-order valence-corrected chi connectivity index (χ4v) is 3.86. The summed E-state index contributed by atoms with van der Waals surface area (Å²) in [4.78, 5) is 15.2. The first-order valence-electron chi connectivity index (χ1n) is 9.43. The highest BCUT2D eigenvalue weighted by molar-refractivity contribution is 9.10. The summed E-state index contributed by atoms with van der Waals surface area (Å²) in [6.45, 7) is 5.48. The molecule has 5 heteroatoms. The fraction of sp³-hybridized carbons (Fsp3) is 0.261. The van der Waals surface area contributed by atoms with Gasteiger partial charge in [0.15, 0.2) is 0 Å². The monoisotopic (exact) mass is 458 g/mol. The molecule has 1 heterocycles. The Morgan fingerprint density at radius 1 is 1.14 bits per heavy atom. The Balaban J connectivity index is 1.86. The highest BCUT2D eigenvalue weighted by Crippen LogP contribution is 2.22. The van der Waals surface area contributed by atoms with E-state index in [1.54, 1.807) is 0 Å². The van der Waals surface area contributed by atoms with Crippen LogP contribution in [0, 0.1) is 0 Å². The SMILES string of the molecule is CCC(C)N(Cc1cccn1Cc1cccc(Cl)c1)C(=O)c1ccccc1Br. The van der Waals surface area contributed by atoms with Crippen LogP contribution in [-0.4, -0.2) is 21.4 Å². The molecule has 1 amide bonds. The lowest BCUT2D eigenvalue weighted by Gasteiger charge is -2.29. The third-order valence-electron chi connectivity index (χ3n) is 4.99. The zero-order chi connectivity index (χ0) is 20.1. The maximum atomic E-state index is 13.3. The molecule has 3 aromatic rings. The Morgan fingerprint density at radius 2 is 1.93 bits per heavy atom. The van der Waals surface area contributed by atoms with E-state index in [1.807, 2.05) is 59.6 Å². The Kier molecular flexibility index (Phi) is 6.97. The molecule has 146 valence electrons. The van der Waals surface area contributed by atoms with Crippen LogP contribution in [0.5, 0.6) is 0 Å². The van der Waals surface area contributed by atoms with Gasteiger partial charge >= 0.3 is 0 Å². The highest BCUT2D eigenvalue weighted by Gasteiger charge is 2.23. The normalized spacial score (nSPS) is 12.0. The smallest absolute Gasteiger partial charge is 0.255 e. The molecule has 0 N–H and O–H groups in total. The number of aromatic nitrogens is 1. The van der Waals surface area contributed by atoms with Crippen molar-refractivity contribution in [2.75, 3.05) is 0 Å². The van der Waals surface area contributed by atoms with Gasteiger partial charge < -0.3 is 9.47 Å². The second-order valence-electron chi connectivity index (χ2n) is 6.93. The Hall–Kier alpha value is -2.04. The van der Waals surface area contributed by atoms with Gasteiger partial charge in [0, 0.05) is 34.0 Å². The summed E-state index contributed by atoms with van der Waals surface area (Å²) >= 11 is 9.64. The van der Waals surface area contributed by atoms with Crippen LogP contribution >= 0.6 is 27.5 Å². The molecule has 1 aromatic heterocycles. The van der Waals surface area contributed by atoms with Crippen LogP contribution in [0.4, 0.5) is 0 Å². The van der Waals surface area contributed by atoms with Gasteiger partial charge in [-0.15, -0.1) is 0 Å². The van der Waals surface area contributed by atoms with E-state index in [2.05, 4.69) is 46.5 Å². The Labute approximate surface area is 180 Å². The van der Waals surface area contributed by atoms with Crippen molar-refractivity contribution < 1.29 is 4.79 Å². The van der Waals surface area contributed by atoms with Crippen molar-refractivity contribution in [1.82, 2.24) is 9.47 Å². The molecule has 0 aliphatic heterocycles. The number of nitrogens with zero attached hydrogens (tertiary/aromatic N) is 2. The van der Waals surface area contributed by atoms with Gasteiger partial charge in [-0.1, -0.05) is 42.8 Å². The first-order valence-corrected chi connectivity index (χ1v) is 10.6. The van der Waals surface area contributed by atoms with E-state index in [-0.39, 0.29) is 11.9 Å². The molecule has 0 saturated heterocycles. The number of hydrogen-bond acceptors (Lipinski definition) is 1. The lowest BCUT2D eigenvalue weighted by Crippen LogP contribution is -2.38.